The lowest BCUT2D eigenvalue weighted by atomic mass is 10.1. The molecule has 0 aliphatic carbocycles. The standard InChI is InChI=1S/C22H23N3O2S/c1-4-20(26)24-18-10-9-17(12-14(18)2)23-21(27)13-28-22-15(3)11-16-7-5-6-8-19(16)25-22/h5-12H,4,13H2,1-3H3,(H,23,27)(H,24,26). The number of hydrogen-bond donors (Lipinski definition) is 2. The number of carbonyl (C=O) groups is 2. The Kier molecular flexibility index (Phi) is 6.31. The molecule has 5 nitrogen and oxygen atoms in total. The minimum absolute atomic E-state index is 0.0328. The number of carbonyl (C=O) groups excluding carboxylic acids is 2. The van der Waals surface area contributed by atoms with Crippen LogP contribution in [0.5, 0.6) is 0 Å². The lowest BCUT2D eigenvalue weighted by Gasteiger charge is -2.11. The summed E-state index contributed by atoms with van der Waals surface area (Å²) in [7, 11) is 0. The molecule has 1 heterocycles. The molecule has 2 amide bonds. The van der Waals surface area contributed by atoms with Gasteiger partial charge in [0.1, 0.15) is 5.03 Å². The van der Waals surface area contributed by atoms with Crippen LogP contribution in [-0.2, 0) is 9.59 Å². The average molecular weight is 394 g/mol. The molecule has 0 bridgehead atoms. The molecule has 3 aromatic rings. The largest absolute Gasteiger partial charge is 0.326 e. The van der Waals surface area contributed by atoms with Crippen molar-refractivity contribution in [1.29, 1.82) is 0 Å². The Hall–Kier alpha value is -2.86. The van der Waals surface area contributed by atoms with E-state index in [9.17, 15) is 9.59 Å². The van der Waals surface area contributed by atoms with Crippen molar-refractivity contribution in [2.24, 2.45) is 0 Å². The first-order valence-electron chi connectivity index (χ1n) is 9.16. The van der Waals surface area contributed by atoms with E-state index in [0.29, 0.717) is 12.1 Å². The Balaban J connectivity index is 1.62. The Labute approximate surface area is 168 Å². The lowest BCUT2D eigenvalue weighted by Crippen LogP contribution is -2.15. The molecule has 0 saturated heterocycles. The summed E-state index contributed by atoms with van der Waals surface area (Å²) < 4.78 is 0. The van der Waals surface area contributed by atoms with E-state index >= 15 is 0 Å². The van der Waals surface area contributed by atoms with Gasteiger partial charge in [0.2, 0.25) is 11.8 Å². The summed E-state index contributed by atoms with van der Waals surface area (Å²) in [5.74, 6) is 0.151. The Bertz CT molecular complexity index is 1030. The third-order valence-electron chi connectivity index (χ3n) is 4.31. The predicted molar refractivity (Wildman–Crippen MR) is 116 cm³/mol. The number of aryl methyl sites for hydroxylation is 2. The van der Waals surface area contributed by atoms with Crippen LogP contribution in [0.25, 0.3) is 10.9 Å². The third kappa shape index (κ3) is 4.89. The maximum atomic E-state index is 12.4. The summed E-state index contributed by atoms with van der Waals surface area (Å²) in [5.41, 5.74) is 4.36. The zero-order valence-electron chi connectivity index (χ0n) is 16.2. The van der Waals surface area contributed by atoms with Crippen molar-refractivity contribution >= 4 is 45.9 Å². The van der Waals surface area contributed by atoms with Gasteiger partial charge in [-0.2, -0.15) is 0 Å². The third-order valence-corrected chi connectivity index (χ3v) is 5.41. The summed E-state index contributed by atoms with van der Waals surface area (Å²) in [4.78, 5) is 28.5. The fourth-order valence-corrected chi connectivity index (χ4v) is 3.59. The molecule has 0 aliphatic heterocycles. The Morgan fingerprint density at radius 2 is 1.75 bits per heavy atom. The van der Waals surface area contributed by atoms with Gasteiger partial charge in [-0.3, -0.25) is 9.59 Å². The quantitative estimate of drug-likeness (QED) is 0.583. The molecule has 144 valence electrons. The van der Waals surface area contributed by atoms with E-state index < -0.39 is 0 Å². The van der Waals surface area contributed by atoms with E-state index in [1.165, 1.54) is 11.8 Å². The van der Waals surface area contributed by atoms with Gasteiger partial charge in [-0.05, 0) is 55.3 Å². The second-order valence-corrected chi connectivity index (χ2v) is 7.54. The summed E-state index contributed by atoms with van der Waals surface area (Å²) in [5, 5.41) is 7.71. The number of hydrogen-bond acceptors (Lipinski definition) is 4. The highest BCUT2D eigenvalue weighted by Crippen LogP contribution is 2.25. The zero-order chi connectivity index (χ0) is 20.1. The topological polar surface area (TPSA) is 71.1 Å². The minimum atomic E-state index is -0.0934. The van der Waals surface area contributed by atoms with Crippen LogP contribution in [0.4, 0.5) is 11.4 Å². The molecule has 0 aliphatic rings. The summed E-state index contributed by atoms with van der Waals surface area (Å²) in [6.07, 6.45) is 0.428. The second kappa shape index (κ2) is 8.89. The first kappa shape index (κ1) is 19.9. The summed E-state index contributed by atoms with van der Waals surface area (Å²) in [6.45, 7) is 5.72. The smallest absolute Gasteiger partial charge is 0.234 e. The number of pyridine rings is 1. The Morgan fingerprint density at radius 3 is 2.50 bits per heavy atom. The summed E-state index contributed by atoms with van der Waals surface area (Å²) in [6, 6.07) is 15.5. The monoisotopic (exact) mass is 393 g/mol. The van der Waals surface area contributed by atoms with Gasteiger partial charge in [-0.25, -0.2) is 4.98 Å². The van der Waals surface area contributed by atoms with Crippen LogP contribution >= 0.6 is 11.8 Å². The number of fused-ring (bicyclic) bond motifs is 1. The van der Waals surface area contributed by atoms with Gasteiger partial charge in [-0.1, -0.05) is 36.9 Å². The number of thioether (sulfide) groups is 1. The van der Waals surface area contributed by atoms with E-state index in [1.807, 2.05) is 51.1 Å². The molecule has 0 unspecified atom stereocenters. The molecular weight excluding hydrogens is 370 g/mol. The van der Waals surface area contributed by atoms with Crippen LogP contribution in [0, 0.1) is 13.8 Å². The predicted octanol–water partition coefficient (Wildman–Crippen LogP) is 4.93. The SMILES string of the molecule is CCC(=O)Nc1ccc(NC(=O)CSc2nc3ccccc3cc2C)cc1C. The van der Waals surface area contributed by atoms with Crippen LogP contribution in [0.2, 0.25) is 0 Å². The van der Waals surface area contributed by atoms with Gasteiger partial charge >= 0.3 is 0 Å². The minimum Gasteiger partial charge on any atom is -0.326 e. The molecule has 28 heavy (non-hydrogen) atoms. The van der Waals surface area contributed by atoms with Crippen LogP contribution in [0.1, 0.15) is 24.5 Å². The number of benzene rings is 2. The fourth-order valence-electron chi connectivity index (χ4n) is 2.80. The van der Waals surface area contributed by atoms with Crippen LogP contribution in [0.3, 0.4) is 0 Å². The van der Waals surface area contributed by atoms with Gasteiger partial charge in [0.05, 0.1) is 11.3 Å². The number of amides is 2. The number of nitrogens with zero attached hydrogens (tertiary/aromatic N) is 1. The van der Waals surface area contributed by atoms with Crippen molar-refractivity contribution < 1.29 is 9.59 Å². The molecule has 6 heteroatoms. The van der Waals surface area contributed by atoms with Crippen LogP contribution in [-0.4, -0.2) is 22.6 Å². The first-order valence-corrected chi connectivity index (χ1v) is 10.1. The number of aromatic nitrogens is 1. The zero-order valence-corrected chi connectivity index (χ0v) is 17.0. The molecule has 3 rings (SSSR count). The average Bonchev–Trinajstić information content (AvgIpc) is 2.68. The highest BCUT2D eigenvalue weighted by molar-refractivity contribution is 8.00. The Morgan fingerprint density at radius 1 is 0.964 bits per heavy atom. The van der Waals surface area contributed by atoms with Gasteiger partial charge in [0.25, 0.3) is 0 Å². The molecular formula is C22H23N3O2S. The maximum Gasteiger partial charge on any atom is 0.234 e. The van der Waals surface area contributed by atoms with E-state index in [1.54, 1.807) is 12.1 Å². The van der Waals surface area contributed by atoms with Crippen molar-refractivity contribution in [3.63, 3.8) is 0 Å². The number of rotatable bonds is 6. The van der Waals surface area contributed by atoms with E-state index in [2.05, 4.69) is 21.7 Å². The number of anilines is 2. The summed E-state index contributed by atoms with van der Waals surface area (Å²) >= 11 is 1.43. The molecule has 0 radical (unpaired) electrons. The highest BCUT2D eigenvalue weighted by atomic mass is 32.2. The van der Waals surface area contributed by atoms with Crippen LogP contribution < -0.4 is 10.6 Å². The maximum absolute atomic E-state index is 12.4. The van der Waals surface area contributed by atoms with Gasteiger partial charge in [0, 0.05) is 23.2 Å². The molecule has 0 fully saturated rings. The molecule has 1 aromatic heterocycles. The second-order valence-electron chi connectivity index (χ2n) is 6.57. The van der Waals surface area contributed by atoms with Gasteiger partial charge in [-0.15, -0.1) is 0 Å². The first-order chi connectivity index (χ1) is 13.5. The fraction of sp³-hybridized carbons (Fsp3) is 0.227. The van der Waals surface area contributed by atoms with E-state index in [0.717, 1.165) is 32.7 Å². The molecule has 2 aromatic carbocycles. The normalized spacial score (nSPS) is 10.7. The molecule has 0 saturated carbocycles. The van der Waals surface area contributed by atoms with Gasteiger partial charge in [0.15, 0.2) is 0 Å². The lowest BCUT2D eigenvalue weighted by molar-refractivity contribution is -0.116. The van der Waals surface area contributed by atoms with E-state index in [4.69, 9.17) is 0 Å². The van der Waals surface area contributed by atoms with Crippen molar-refractivity contribution in [1.82, 2.24) is 4.98 Å². The van der Waals surface area contributed by atoms with Crippen molar-refractivity contribution in [2.75, 3.05) is 16.4 Å². The van der Waals surface area contributed by atoms with Gasteiger partial charge < -0.3 is 10.6 Å². The molecule has 2 N–H and O–H groups in total. The highest BCUT2D eigenvalue weighted by Gasteiger charge is 2.09. The number of nitrogens with one attached hydrogen (secondary N) is 2. The molecule has 0 spiro atoms. The van der Waals surface area contributed by atoms with Crippen LogP contribution in [0.15, 0.2) is 53.6 Å². The van der Waals surface area contributed by atoms with E-state index in [-0.39, 0.29) is 17.6 Å². The van der Waals surface area contributed by atoms with Crippen molar-refractivity contribution in [2.45, 2.75) is 32.2 Å². The van der Waals surface area contributed by atoms with Crippen molar-refractivity contribution in [3.8, 4) is 0 Å². The molecule has 0 atom stereocenters. The number of para-hydroxylation sites is 1. The van der Waals surface area contributed by atoms with Crippen molar-refractivity contribution in [3.05, 3.63) is 59.7 Å².